The molecule has 1 aliphatic carbocycles. The highest BCUT2D eigenvalue weighted by Crippen LogP contribution is 2.57. The zero-order valence-corrected chi connectivity index (χ0v) is 22.4. The zero-order valence-electron chi connectivity index (χ0n) is 22.4. The van der Waals surface area contributed by atoms with Crippen LogP contribution in [0.25, 0.3) is 0 Å². The van der Waals surface area contributed by atoms with Crippen LogP contribution in [0.5, 0.6) is 0 Å². The van der Waals surface area contributed by atoms with Gasteiger partial charge in [-0.3, -0.25) is 9.59 Å². The summed E-state index contributed by atoms with van der Waals surface area (Å²) < 4.78 is 7.24. The first-order valence-electron chi connectivity index (χ1n) is 12.8. The van der Waals surface area contributed by atoms with E-state index in [4.69, 9.17) is 4.74 Å². The highest BCUT2D eigenvalue weighted by Gasteiger charge is 2.61. The predicted molar refractivity (Wildman–Crippen MR) is 131 cm³/mol. The minimum absolute atomic E-state index is 0.0155. The normalized spacial score (nSPS) is 26.3. The first-order valence-corrected chi connectivity index (χ1v) is 12.8. The van der Waals surface area contributed by atoms with E-state index < -0.39 is 29.2 Å². The molecule has 4 rings (SSSR count). The molecule has 36 heavy (non-hydrogen) atoms. The molecule has 1 spiro atoms. The van der Waals surface area contributed by atoms with Crippen molar-refractivity contribution < 1.29 is 24.2 Å². The maximum absolute atomic E-state index is 13.8. The van der Waals surface area contributed by atoms with Crippen LogP contribution in [-0.2, 0) is 14.3 Å². The maximum Gasteiger partial charge on any atom is 0.410 e. The van der Waals surface area contributed by atoms with E-state index in [1.807, 2.05) is 52.6 Å². The van der Waals surface area contributed by atoms with E-state index in [0.717, 1.165) is 25.0 Å². The molecule has 2 N–H and O–H groups in total. The Labute approximate surface area is 212 Å². The molecule has 0 bridgehead atoms. The van der Waals surface area contributed by atoms with E-state index in [0.29, 0.717) is 6.54 Å². The topological polar surface area (TPSA) is 130 Å². The Morgan fingerprint density at radius 1 is 1.19 bits per heavy atom. The second-order valence-corrected chi connectivity index (χ2v) is 12.5. The van der Waals surface area contributed by atoms with Crippen LogP contribution in [0.3, 0.4) is 0 Å². The number of hydrogen-bond donors (Lipinski definition) is 2. The molecule has 200 valence electrons. The molecule has 3 amide bonds. The summed E-state index contributed by atoms with van der Waals surface area (Å²) in [4.78, 5) is 42.4. The van der Waals surface area contributed by atoms with Gasteiger partial charge in [-0.25, -0.2) is 9.48 Å². The molecule has 1 aromatic heterocycles. The van der Waals surface area contributed by atoms with Crippen LogP contribution in [0.15, 0.2) is 6.20 Å². The van der Waals surface area contributed by atoms with Crippen molar-refractivity contribution in [3.8, 4) is 0 Å². The molecule has 0 radical (unpaired) electrons. The van der Waals surface area contributed by atoms with Gasteiger partial charge < -0.3 is 25.0 Å². The quantitative estimate of drug-likeness (QED) is 0.640. The highest BCUT2D eigenvalue weighted by molar-refractivity contribution is 5.90. The molecule has 0 aromatic carbocycles. The lowest BCUT2D eigenvalue weighted by Gasteiger charge is -2.34. The number of aromatic nitrogens is 3. The number of carbonyl (C=O) groups is 3. The SMILES string of the molecule is CNC(=O)[C@H]1C[C@H](O)CN1C(=O)[C@@H](n1cc(C2CCN(C(=O)OC(C)(C)C)C23CC3)nn1)C(C)(C)C. The lowest BCUT2D eigenvalue weighted by atomic mass is 9.85. The van der Waals surface area contributed by atoms with Gasteiger partial charge in [0.25, 0.3) is 0 Å². The van der Waals surface area contributed by atoms with Gasteiger partial charge in [-0.1, -0.05) is 26.0 Å². The molecule has 1 saturated carbocycles. The molecule has 2 saturated heterocycles. The van der Waals surface area contributed by atoms with Crippen LogP contribution in [-0.4, -0.2) is 91.2 Å². The lowest BCUT2D eigenvalue weighted by molar-refractivity contribution is -0.144. The van der Waals surface area contributed by atoms with Crippen molar-refractivity contribution >= 4 is 17.9 Å². The number of carbonyl (C=O) groups excluding carboxylic acids is 3. The molecule has 11 heteroatoms. The average Bonchev–Trinajstić information content (AvgIpc) is 3.07. The van der Waals surface area contributed by atoms with Crippen molar-refractivity contribution in [3.63, 3.8) is 0 Å². The monoisotopic (exact) mass is 504 g/mol. The summed E-state index contributed by atoms with van der Waals surface area (Å²) in [5.74, 6) is -0.551. The lowest BCUT2D eigenvalue weighted by Crippen LogP contribution is -2.49. The highest BCUT2D eigenvalue weighted by atomic mass is 16.6. The van der Waals surface area contributed by atoms with Crippen LogP contribution < -0.4 is 5.32 Å². The third-order valence-electron chi connectivity index (χ3n) is 7.52. The first-order chi connectivity index (χ1) is 16.7. The number of nitrogens with one attached hydrogen (secondary N) is 1. The predicted octanol–water partition coefficient (Wildman–Crippen LogP) is 1.83. The van der Waals surface area contributed by atoms with Gasteiger partial charge in [-0.2, -0.15) is 0 Å². The molecular formula is C25H40N6O5. The van der Waals surface area contributed by atoms with Gasteiger partial charge in [0, 0.05) is 38.7 Å². The molecule has 3 heterocycles. The molecular weight excluding hydrogens is 464 g/mol. The maximum atomic E-state index is 13.8. The van der Waals surface area contributed by atoms with Crippen LogP contribution in [0.2, 0.25) is 0 Å². The third-order valence-corrected chi connectivity index (χ3v) is 7.52. The number of nitrogens with zero attached hydrogens (tertiary/aromatic N) is 5. The number of aliphatic hydroxyl groups excluding tert-OH is 1. The molecule has 1 unspecified atom stereocenters. The molecule has 2 aliphatic heterocycles. The molecule has 4 atom stereocenters. The number of likely N-dealkylation sites (N-methyl/N-ethyl adjacent to an activating group) is 1. The van der Waals surface area contributed by atoms with E-state index in [-0.39, 0.29) is 42.3 Å². The summed E-state index contributed by atoms with van der Waals surface area (Å²) in [5.41, 5.74) is -0.652. The largest absolute Gasteiger partial charge is 0.444 e. The Morgan fingerprint density at radius 3 is 2.42 bits per heavy atom. The summed E-state index contributed by atoms with van der Waals surface area (Å²) in [7, 11) is 1.52. The van der Waals surface area contributed by atoms with Gasteiger partial charge in [0.2, 0.25) is 11.8 Å². The summed E-state index contributed by atoms with van der Waals surface area (Å²) >= 11 is 0. The molecule has 11 nitrogen and oxygen atoms in total. The van der Waals surface area contributed by atoms with Crippen molar-refractivity contribution in [1.29, 1.82) is 0 Å². The van der Waals surface area contributed by atoms with Crippen molar-refractivity contribution in [1.82, 2.24) is 30.1 Å². The summed E-state index contributed by atoms with van der Waals surface area (Å²) in [5, 5.41) is 21.7. The van der Waals surface area contributed by atoms with E-state index in [1.165, 1.54) is 11.9 Å². The van der Waals surface area contributed by atoms with Crippen molar-refractivity contribution in [3.05, 3.63) is 11.9 Å². The van der Waals surface area contributed by atoms with Crippen LogP contribution in [0.4, 0.5) is 4.79 Å². The minimum atomic E-state index is -0.754. The van der Waals surface area contributed by atoms with Crippen molar-refractivity contribution in [2.24, 2.45) is 5.41 Å². The van der Waals surface area contributed by atoms with E-state index in [2.05, 4.69) is 15.6 Å². The van der Waals surface area contributed by atoms with E-state index in [1.54, 1.807) is 4.68 Å². The Balaban J connectivity index is 1.58. The van der Waals surface area contributed by atoms with Crippen molar-refractivity contribution in [2.75, 3.05) is 20.1 Å². The van der Waals surface area contributed by atoms with Gasteiger partial charge in [0.15, 0.2) is 0 Å². The fourth-order valence-corrected chi connectivity index (χ4v) is 5.78. The fraction of sp³-hybridized carbons (Fsp3) is 0.800. The first kappa shape index (κ1) is 26.4. The number of aliphatic hydroxyl groups is 1. The number of β-amino-alcohol motifs (C(OH)–C–C–N with tert-alkyl or cyclic N) is 1. The number of rotatable bonds is 4. The second kappa shape index (κ2) is 9.00. The number of likely N-dealkylation sites (tertiary alicyclic amines) is 2. The Morgan fingerprint density at radius 2 is 1.86 bits per heavy atom. The number of hydrogen-bond acceptors (Lipinski definition) is 7. The van der Waals surface area contributed by atoms with Gasteiger partial charge in [-0.15, -0.1) is 5.10 Å². The zero-order chi connectivity index (χ0) is 26.6. The fourth-order valence-electron chi connectivity index (χ4n) is 5.78. The van der Waals surface area contributed by atoms with Crippen molar-refractivity contribution in [2.45, 2.75) is 102 Å². The average molecular weight is 505 g/mol. The van der Waals surface area contributed by atoms with Gasteiger partial charge >= 0.3 is 6.09 Å². The second-order valence-electron chi connectivity index (χ2n) is 12.5. The Bertz CT molecular complexity index is 1020. The molecule has 1 aromatic rings. The molecule has 3 fully saturated rings. The third kappa shape index (κ3) is 4.81. The number of ether oxygens (including phenoxy) is 1. The van der Waals surface area contributed by atoms with Crippen LogP contribution in [0.1, 0.15) is 84.9 Å². The molecule has 3 aliphatic rings. The van der Waals surface area contributed by atoms with E-state index in [9.17, 15) is 19.5 Å². The van der Waals surface area contributed by atoms with Crippen LogP contribution >= 0.6 is 0 Å². The Kier molecular flexibility index (Phi) is 6.60. The minimum Gasteiger partial charge on any atom is -0.444 e. The summed E-state index contributed by atoms with van der Waals surface area (Å²) in [6.07, 6.45) is 3.48. The van der Waals surface area contributed by atoms with Gasteiger partial charge in [0.1, 0.15) is 17.7 Å². The Hall–Kier alpha value is -2.69. The summed E-state index contributed by atoms with van der Waals surface area (Å²) in [6.45, 7) is 12.1. The summed E-state index contributed by atoms with van der Waals surface area (Å²) in [6, 6.07) is -1.44. The van der Waals surface area contributed by atoms with Crippen LogP contribution in [0, 0.1) is 5.41 Å². The van der Waals surface area contributed by atoms with E-state index >= 15 is 0 Å². The van der Waals surface area contributed by atoms with Gasteiger partial charge in [-0.05, 0) is 45.4 Å². The number of amides is 3. The van der Waals surface area contributed by atoms with Gasteiger partial charge in [0.05, 0.1) is 17.3 Å². The standard InChI is InChI=1S/C25H40N6O5/c1-23(2,3)19(21(34)29-13-15(32)12-18(29)20(33)26-7)31-14-17(27-28-31)16-8-11-30(25(16)9-10-25)22(35)36-24(4,5)6/h14-16,18-19,32H,8-13H2,1-7H3,(H,26,33)/t15-,16?,18+,19+/m0/s1. The smallest absolute Gasteiger partial charge is 0.410 e.